The predicted octanol–water partition coefficient (Wildman–Crippen LogP) is 10.2. The van der Waals surface area contributed by atoms with Gasteiger partial charge in [-0.25, -0.2) is 9.97 Å². The molecule has 0 radical (unpaired) electrons. The highest BCUT2D eigenvalue weighted by atomic mass is 28.3. The quantitative estimate of drug-likeness (QED) is 0.119. The van der Waals surface area contributed by atoms with Gasteiger partial charge in [-0.3, -0.25) is 4.57 Å². The van der Waals surface area contributed by atoms with Crippen LogP contribution in [0.2, 0.25) is 0 Å². The Morgan fingerprint density at radius 2 is 0.934 bits per heavy atom. The molecule has 0 N–H and O–H groups in total. The fourth-order valence-corrected chi connectivity index (χ4v) is 14.8. The van der Waals surface area contributed by atoms with Crippen LogP contribution in [0.3, 0.4) is 0 Å². The molecule has 4 heterocycles. The summed E-state index contributed by atoms with van der Waals surface area (Å²) in [6.07, 6.45) is 2.07. The van der Waals surface area contributed by atoms with Crippen molar-refractivity contribution in [3.8, 4) is 22.8 Å². The maximum absolute atomic E-state index is 5.39. The van der Waals surface area contributed by atoms with Crippen LogP contribution in [0.25, 0.3) is 77.5 Å². The van der Waals surface area contributed by atoms with Gasteiger partial charge in [-0.05, 0) is 69.3 Å². The minimum absolute atomic E-state index is 0.942. The van der Waals surface area contributed by atoms with Crippen LogP contribution in [0.15, 0.2) is 219 Å². The van der Waals surface area contributed by atoms with E-state index in [9.17, 15) is 0 Å². The van der Waals surface area contributed by atoms with Crippen molar-refractivity contribution in [2.45, 2.75) is 0 Å². The van der Waals surface area contributed by atoms with Crippen molar-refractivity contribution in [2.24, 2.45) is 7.05 Å². The van der Waals surface area contributed by atoms with Gasteiger partial charge in [-0.15, -0.1) is 0 Å². The molecule has 12 rings (SSSR count). The topological polar surface area (TPSA) is 40.6 Å². The van der Waals surface area contributed by atoms with E-state index in [1.54, 1.807) is 0 Å². The fourth-order valence-electron chi connectivity index (χ4n) is 10.0. The minimum atomic E-state index is -2.99. The maximum Gasteiger partial charge on any atom is 0.179 e. The lowest BCUT2D eigenvalue weighted by atomic mass is 10.1. The number of aryl methyl sites for hydroxylation is 1. The average molecular weight is 798 g/mol. The summed E-state index contributed by atoms with van der Waals surface area (Å²) < 4.78 is 6.95. The van der Waals surface area contributed by atoms with Crippen molar-refractivity contribution in [1.29, 1.82) is 0 Å². The van der Waals surface area contributed by atoms with E-state index < -0.39 is 8.07 Å². The lowest BCUT2D eigenvalue weighted by Crippen LogP contribution is -2.74. The second-order valence-corrected chi connectivity index (χ2v) is 19.7. The molecule has 0 aliphatic heterocycles. The number of para-hydroxylation sites is 5. The summed E-state index contributed by atoms with van der Waals surface area (Å²) in [5.74, 6) is 0.956. The first-order valence-corrected chi connectivity index (χ1v) is 22.8. The Kier molecular flexibility index (Phi) is 8.02. The Labute approximate surface area is 354 Å². The molecule has 6 heteroatoms. The summed E-state index contributed by atoms with van der Waals surface area (Å²) in [4.78, 5) is 10.5. The van der Waals surface area contributed by atoms with E-state index in [2.05, 4.69) is 239 Å². The highest BCUT2D eigenvalue weighted by Crippen LogP contribution is 2.41. The second kappa shape index (κ2) is 13.9. The highest BCUT2D eigenvalue weighted by Gasteiger charge is 2.42. The number of rotatable bonds is 7. The van der Waals surface area contributed by atoms with E-state index in [4.69, 9.17) is 9.97 Å². The third kappa shape index (κ3) is 5.26. The number of nitrogens with zero attached hydrogens (tertiary/aromatic N) is 5. The van der Waals surface area contributed by atoms with E-state index in [1.807, 2.05) is 0 Å². The molecule has 0 atom stereocenters. The van der Waals surface area contributed by atoms with Gasteiger partial charge >= 0.3 is 0 Å². The van der Waals surface area contributed by atoms with Crippen LogP contribution >= 0.6 is 0 Å². The van der Waals surface area contributed by atoms with Crippen molar-refractivity contribution < 1.29 is 0 Å². The molecule has 4 aromatic heterocycles. The minimum Gasteiger partial charge on any atom is -0.327 e. The fraction of sp³-hybridized carbons (Fsp3) is 0.0182. The first kappa shape index (κ1) is 35.2. The van der Waals surface area contributed by atoms with Gasteiger partial charge in [0.1, 0.15) is 11.5 Å². The van der Waals surface area contributed by atoms with E-state index in [1.165, 1.54) is 42.4 Å². The van der Waals surface area contributed by atoms with Crippen LogP contribution in [-0.2, 0) is 7.05 Å². The molecule has 0 fully saturated rings. The molecule has 0 spiro atoms. The summed E-state index contributed by atoms with van der Waals surface area (Å²) >= 11 is 0. The number of hydrogen-bond acceptors (Lipinski definition) is 2. The molecular formula is C55H39N5Si. The van der Waals surface area contributed by atoms with Gasteiger partial charge in [0.15, 0.2) is 8.07 Å². The van der Waals surface area contributed by atoms with Crippen LogP contribution in [-0.4, -0.2) is 31.7 Å². The van der Waals surface area contributed by atoms with Crippen molar-refractivity contribution in [3.63, 3.8) is 0 Å². The Bertz CT molecular complexity index is 3560. The standard InChI is InChI=1S/C55H39N5Si/c1-58-50-34-16-13-31-47(50)57-54(58)38-19-17-27-43(35-38)61(41-23-7-3-8-24-41,42-25-9-4-10-26-42)44-28-18-22-40(36-44)60-49-33-15-12-30-46(49)53-52-45-29-11-14-32-48(45)59(39-20-5-2-6-21-39)51(52)37-56-55(53)60/h2-37H,1H3. The third-order valence-corrected chi connectivity index (χ3v) is 17.4. The molecule has 0 aliphatic carbocycles. The molecule has 0 aliphatic rings. The largest absolute Gasteiger partial charge is 0.327 e. The summed E-state index contributed by atoms with van der Waals surface area (Å²) in [7, 11) is -0.870. The van der Waals surface area contributed by atoms with Crippen molar-refractivity contribution in [1.82, 2.24) is 23.7 Å². The predicted molar refractivity (Wildman–Crippen MR) is 256 cm³/mol. The lowest BCUT2D eigenvalue weighted by Gasteiger charge is -2.35. The van der Waals surface area contributed by atoms with Gasteiger partial charge in [0.25, 0.3) is 0 Å². The molecule has 0 saturated heterocycles. The smallest absolute Gasteiger partial charge is 0.179 e. The number of benzene rings is 8. The van der Waals surface area contributed by atoms with Crippen LogP contribution in [0.4, 0.5) is 0 Å². The van der Waals surface area contributed by atoms with Crippen LogP contribution in [0, 0.1) is 0 Å². The van der Waals surface area contributed by atoms with Gasteiger partial charge in [0, 0.05) is 45.5 Å². The van der Waals surface area contributed by atoms with E-state index in [0.29, 0.717) is 0 Å². The third-order valence-electron chi connectivity index (χ3n) is 12.6. The molecule has 0 bridgehead atoms. The molecule has 0 saturated carbocycles. The number of imidazole rings is 1. The average Bonchev–Trinajstić information content (AvgIpc) is 3.97. The molecule has 8 aromatic carbocycles. The normalized spacial score (nSPS) is 12.0. The Balaban J connectivity index is 1.14. The summed E-state index contributed by atoms with van der Waals surface area (Å²) in [5.41, 5.74) is 9.74. The zero-order valence-corrected chi connectivity index (χ0v) is 34.5. The molecular weight excluding hydrogens is 759 g/mol. The molecule has 61 heavy (non-hydrogen) atoms. The molecule has 0 unspecified atom stereocenters. The van der Waals surface area contributed by atoms with E-state index >= 15 is 0 Å². The van der Waals surface area contributed by atoms with Crippen molar-refractivity contribution in [3.05, 3.63) is 219 Å². The number of aromatic nitrogens is 5. The zero-order valence-electron chi connectivity index (χ0n) is 33.5. The summed E-state index contributed by atoms with van der Waals surface area (Å²) in [6.45, 7) is 0. The molecule has 0 amide bonds. The Hall–Kier alpha value is -7.80. The summed E-state index contributed by atoms with van der Waals surface area (Å²) in [5, 5.41) is 9.99. The van der Waals surface area contributed by atoms with Crippen molar-refractivity contribution in [2.75, 3.05) is 0 Å². The highest BCUT2D eigenvalue weighted by molar-refractivity contribution is 7.20. The van der Waals surface area contributed by atoms with Gasteiger partial charge in [0.05, 0.1) is 33.8 Å². The van der Waals surface area contributed by atoms with Gasteiger partial charge in [-0.2, -0.15) is 0 Å². The second-order valence-electron chi connectivity index (χ2n) is 15.9. The Morgan fingerprint density at radius 3 is 1.62 bits per heavy atom. The van der Waals surface area contributed by atoms with Gasteiger partial charge < -0.3 is 9.13 Å². The number of fused-ring (bicyclic) bond motifs is 8. The lowest BCUT2D eigenvalue weighted by molar-refractivity contribution is 0.959. The van der Waals surface area contributed by atoms with Crippen LogP contribution < -0.4 is 20.7 Å². The SMILES string of the molecule is Cn1c(-c2cccc([Si](c3ccccc3)(c3ccccc3)c3cccc(-n4c5ccccc5c5c6c7ccccc7n(-c7ccccc7)c6cnc54)c3)c2)nc2ccccc21. The Morgan fingerprint density at radius 1 is 0.410 bits per heavy atom. The monoisotopic (exact) mass is 797 g/mol. The first-order chi connectivity index (χ1) is 30.2. The van der Waals surface area contributed by atoms with Crippen molar-refractivity contribution >= 4 is 83.6 Å². The molecule has 12 aromatic rings. The molecule has 5 nitrogen and oxygen atoms in total. The van der Waals surface area contributed by atoms with E-state index in [0.717, 1.165) is 55.9 Å². The van der Waals surface area contributed by atoms with Gasteiger partial charge in [0.2, 0.25) is 0 Å². The van der Waals surface area contributed by atoms with E-state index in [-0.39, 0.29) is 0 Å². The maximum atomic E-state index is 5.39. The van der Waals surface area contributed by atoms with Crippen LogP contribution in [0.5, 0.6) is 0 Å². The number of pyridine rings is 1. The van der Waals surface area contributed by atoms with Gasteiger partial charge in [-0.1, -0.05) is 164 Å². The van der Waals surface area contributed by atoms with Crippen LogP contribution in [0.1, 0.15) is 0 Å². The summed E-state index contributed by atoms with van der Waals surface area (Å²) in [6, 6.07) is 77.3. The molecule has 288 valence electrons. The first-order valence-electron chi connectivity index (χ1n) is 20.8. The number of hydrogen-bond donors (Lipinski definition) is 0. The zero-order chi connectivity index (χ0) is 40.5.